The van der Waals surface area contributed by atoms with Crippen LogP contribution in [-0.2, 0) is 6.54 Å². The van der Waals surface area contributed by atoms with E-state index in [0.717, 1.165) is 24.0 Å². The summed E-state index contributed by atoms with van der Waals surface area (Å²) in [4.78, 5) is 4.33. The zero-order chi connectivity index (χ0) is 14.7. The maximum atomic E-state index is 13.7. The molecule has 110 valence electrons. The normalized spacial score (nSPS) is 13.0. The Balaban J connectivity index is 2.33. The number of hydrogen-bond acceptors (Lipinski definition) is 2. The third-order valence-electron chi connectivity index (χ3n) is 3.80. The predicted molar refractivity (Wildman–Crippen MR) is 85.1 cm³/mol. The second kappa shape index (κ2) is 6.57. The Morgan fingerprint density at radius 2 is 2.15 bits per heavy atom. The summed E-state index contributed by atoms with van der Waals surface area (Å²) in [6, 6.07) is 3.19. The molecular formula is C15H21BrFN3. The first-order valence-corrected chi connectivity index (χ1v) is 7.96. The van der Waals surface area contributed by atoms with Gasteiger partial charge in [0.1, 0.15) is 5.82 Å². The zero-order valence-electron chi connectivity index (χ0n) is 12.0. The van der Waals surface area contributed by atoms with Gasteiger partial charge in [-0.25, -0.2) is 9.37 Å². The minimum atomic E-state index is -0.278. The van der Waals surface area contributed by atoms with E-state index < -0.39 is 0 Å². The summed E-state index contributed by atoms with van der Waals surface area (Å²) < 4.78 is 16.1. The molecule has 2 rings (SSSR count). The van der Waals surface area contributed by atoms with Gasteiger partial charge in [0.05, 0.1) is 15.5 Å². The molecule has 1 atom stereocenters. The molecule has 0 spiro atoms. The largest absolute Gasteiger partial charge is 0.369 e. The second-order valence-corrected chi connectivity index (χ2v) is 6.11. The Morgan fingerprint density at radius 1 is 1.40 bits per heavy atom. The Kier molecular flexibility index (Phi) is 5.02. The lowest BCUT2D eigenvalue weighted by molar-refractivity contribution is 0.397. The number of benzene rings is 1. The molecule has 20 heavy (non-hydrogen) atoms. The number of hydrogen-bond donors (Lipinski definition) is 1. The van der Waals surface area contributed by atoms with Gasteiger partial charge in [-0.05, 0) is 34.3 Å². The van der Waals surface area contributed by atoms with Gasteiger partial charge < -0.3 is 10.3 Å². The van der Waals surface area contributed by atoms with E-state index in [4.69, 9.17) is 5.73 Å². The van der Waals surface area contributed by atoms with E-state index in [9.17, 15) is 4.39 Å². The Morgan fingerprint density at radius 3 is 2.80 bits per heavy atom. The fourth-order valence-corrected chi connectivity index (χ4v) is 2.84. The topological polar surface area (TPSA) is 43.8 Å². The lowest BCUT2D eigenvalue weighted by Crippen LogP contribution is -2.12. The highest BCUT2D eigenvalue weighted by atomic mass is 79.9. The van der Waals surface area contributed by atoms with E-state index in [0.29, 0.717) is 16.3 Å². The van der Waals surface area contributed by atoms with Crippen LogP contribution in [0.5, 0.6) is 0 Å². The Bertz CT molecular complexity index is 594. The van der Waals surface area contributed by atoms with Crippen LogP contribution in [0.25, 0.3) is 11.0 Å². The molecule has 3 nitrogen and oxygen atoms in total. The van der Waals surface area contributed by atoms with Crippen molar-refractivity contribution < 1.29 is 4.39 Å². The summed E-state index contributed by atoms with van der Waals surface area (Å²) in [7, 11) is 0. The summed E-state index contributed by atoms with van der Waals surface area (Å²) >= 11 is 3.18. The van der Waals surface area contributed by atoms with Crippen molar-refractivity contribution in [1.82, 2.24) is 9.55 Å². The van der Waals surface area contributed by atoms with Gasteiger partial charge in [0, 0.05) is 12.6 Å². The van der Waals surface area contributed by atoms with Crippen LogP contribution < -0.4 is 5.73 Å². The number of imidazole rings is 1. The molecule has 1 unspecified atom stereocenters. The van der Waals surface area contributed by atoms with Gasteiger partial charge in [-0.3, -0.25) is 0 Å². The molecule has 0 amide bonds. The molecule has 0 aliphatic carbocycles. The lowest BCUT2D eigenvalue weighted by atomic mass is 9.99. The van der Waals surface area contributed by atoms with Gasteiger partial charge >= 0.3 is 0 Å². The summed E-state index contributed by atoms with van der Waals surface area (Å²) in [5.74, 6) is 0.745. The molecule has 0 bridgehead atoms. The van der Waals surface area contributed by atoms with Crippen LogP contribution in [0.15, 0.2) is 16.6 Å². The van der Waals surface area contributed by atoms with E-state index in [1.165, 1.54) is 25.3 Å². The van der Waals surface area contributed by atoms with E-state index in [2.05, 4.69) is 34.8 Å². The van der Waals surface area contributed by atoms with Crippen LogP contribution in [0.3, 0.4) is 0 Å². The first kappa shape index (κ1) is 15.3. The summed E-state index contributed by atoms with van der Waals surface area (Å²) in [5.41, 5.74) is 7.51. The number of fused-ring (bicyclic) bond motifs is 1. The summed E-state index contributed by atoms with van der Waals surface area (Å²) in [5, 5.41) is 0. The Labute approximate surface area is 127 Å². The van der Waals surface area contributed by atoms with Crippen molar-refractivity contribution in [2.24, 2.45) is 5.92 Å². The first-order valence-electron chi connectivity index (χ1n) is 7.17. The average molecular weight is 342 g/mol. The molecule has 0 saturated carbocycles. The molecule has 0 fully saturated rings. The van der Waals surface area contributed by atoms with Gasteiger partial charge in [-0.15, -0.1) is 0 Å². The van der Waals surface area contributed by atoms with Crippen molar-refractivity contribution in [3.8, 4) is 0 Å². The SMILES string of the molecule is CCCCC(CC)Cn1c(N)nc2cc(Br)c(F)cc21. The lowest BCUT2D eigenvalue weighted by Gasteiger charge is -2.16. The molecule has 1 aromatic heterocycles. The van der Waals surface area contributed by atoms with E-state index in [1.807, 2.05) is 4.57 Å². The molecular weight excluding hydrogens is 321 g/mol. The molecule has 1 heterocycles. The van der Waals surface area contributed by atoms with Crippen LogP contribution in [0, 0.1) is 11.7 Å². The van der Waals surface area contributed by atoms with Gasteiger partial charge in [0.15, 0.2) is 0 Å². The maximum absolute atomic E-state index is 13.7. The van der Waals surface area contributed by atoms with Crippen molar-refractivity contribution >= 4 is 32.9 Å². The van der Waals surface area contributed by atoms with Crippen LogP contribution >= 0.6 is 15.9 Å². The Hall–Kier alpha value is -1.10. The monoisotopic (exact) mass is 341 g/mol. The number of nitrogens with zero attached hydrogens (tertiary/aromatic N) is 2. The minimum absolute atomic E-state index is 0.278. The maximum Gasteiger partial charge on any atom is 0.201 e. The third kappa shape index (κ3) is 3.14. The number of aromatic nitrogens is 2. The van der Waals surface area contributed by atoms with Crippen LogP contribution in [-0.4, -0.2) is 9.55 Å². The highest BCUT2D eigenvalue weighted by molar-refractivity contribution is 9.10. The van der Waals surface area contributed by atoms with Gasteiger partial charge in [-0.2, -0.15) is 0 Å². The van der Waals surface area contributed by atoms with E-state index >= 15 is 0 Å². The van der Waals surface area contributed by atoms with Crippen LogP contribution in [0.1, 0.15) is 39.5 Å². The van der Waals surface area contributed by atoms with Crippen molar-refractivity contribution in [2.45, 2.75) is 46.1 Å². The number of nitrogen functional groups attached to an aromatic ring is 1. The standard InChI is InChI=1S/C15H21BrFN3/c1-3-5-6-10(4-2)9-20-14-8-12(17)11(16)7-13(14)19-15(20)18/h7-8,10H,3-6,9H2,1-2H3,(H2,18,19). The average Bonchev–Trinajstić information content (AvgIpc) is 2.71. The van der Waals surface area contributed by atoms with E-state index in [-0.39, 0.29) is 5.82 Å². The van der Waals surface area contributed by atoms with Gasteiger partial charge in [-0.1, -0.05) is 33.1 Å². The van der Waals surface area contributed by atoms with Crippen molar-refractivity contribution in [1.29, 1.82) is 0 Å². The smallest absolute Gasteiger partial charge is 0.201 e. The molecule has 0 aliphatic rings. The van der Waals surface area contributed by atoms with Crippen LogP contribution in [0.4, 0.5) is 10.3 Å². The number of nitrogens with two attached hydrogens (primary N) is 1. The van der Waals surface area contributed by atoms with Crippen LogP contribution in [0.2, 0.25) is 0 Å². The predicted octanol–water partition coefficient (Wildman–Crippen LogP) is 4.74. The van der Waals surface area contributed by atoms with Gasteiger partial charge in [0.25, 0.3) is 0 Å². The molecule has 2 aromatic rings. The zero-order valence-corrected chi connectivity index (χ0v) is 13.6. The fourth-order valence-electron chi connectivity index (χ4n) is 2.51. The number of anilines is 1. The quantitative estimate of drug-likeness (QED) is 0.824. The number of rotatable bonds is 6. The number of unbranched alkanes of at least 4 members (excludes halogenated alkanes) is 1. The summed E-state index contributed by atoms with van der Waals surface area (Å²) in [6.45, 7) is 5.19. The first-order chi connectivity index (χ1) is 9.56. The fraction of sp³-hybridized carbons (Fsp3) is 0.533. The van der Waals surface area contributed by atoms with Crippen molar-refractivity contribution in [2.75, 3.05) is 5.73 Å². The highest BCUT2D eigenvalue weighted by Gasteiger charge is 2.15. The van der Waals surface area contributed by atoms with Crippen molar-refractivity contribution in [3.63, 3.8) is 0 Å². The molecule has 2 N–H and O–H groups in total. The minimum Gasteiger partial charge on any atom is -0.369 e. The third-order valence-corrected chi connectivity index (χ3v) is 4.41. The molecule has 0 aliphatic heterocycles. The van der Waals surface area contributed by atoms with Crippen molar-refractivity contribution in [3.05, 3.63) is 22.4 Å². The molecule has 0 saturated heterocycles. The second-order valence-electron chi connectivity index (χ2n) is 5.25. The highest BCUT2D eigenvalue weighted by Crippen LogP contribution is 2.27. The molecule has 0 radical (unpaired) electrons. The summed E-state index contributed by atoms with van der Waals surface area (Å²) in [6.07, 6.45) is 4.67. The van der Waals surface area contributed by atoms with Gasteiger partial charge in [0.2, 0.25) is 5.95 Å². The number of halogens is 2. The molecule has 1 aromatic carbocycles. The van der Waals surface area contributed by atoms with E-state index in [1.54, 1.807) is 6.07 Å². The molecule has 5 heteroatoms.